The van der Waals surface area contributed by atoms with Crippen molar-refractivity contribution in [3.05, 3.63) is 78.1 Å². The number of nitrogens with one attached hydrogen (secondary N) is 1. The summed E-state index contributed by atoms with van der Waals surface area (Å²) < 4.78 is 21.2. The van der Waals surface area contributed by atoms with E-state index in [1.54, 1.807) is 43.0 Å². The average Bonchev–Trinajstić information content (AvgIpc) is 3.36. The third kappa shape index (κ3) is 3.73. The number of rotatable bonds is 5. The lowest BCUT2D eigenvalue weighted by molar-refractivity contribution is -0.126. The van der Waals surface area contributed by atoms with Gasteiger partial charge in [0.2, 0.25) is 5.91 Å². The highest BCUT2D eigenvalue weighted by Gasteiger charge is 2.36. The first-order valence-corrected chi connectivity index (χ1v) is 8.80. The van der Waals surface area contributed by atoms with Gasteiger partial charge in [-0.2, -0.15) is 5.10 Å². The van der Waals surface area contributed by atoms with Crippen molar-refractivity contribution in [1.82, 2.24) is 20.1 Å². The quantitative estimate of drug-likeness (QED) is 0.754. The van der Waals surface area contributed by atoms with Crippen molar-refractivity contribution >= 4 is 5.91 Å². The van der Waals surface area contributed by atoms with E-state index in [0.29, 0.717) is 25.3 Å². The van der Waals surface area contributed by atoms with Crippen LogP contribution < -0.4 is 5.32 Å². The van der Waals surface area contributed by atoms with Crippen LogP contribution in [0.15, 0.2) is 61.2 Å². The standard InChI is InChI=1S/C20H19FN4O2/c21-17-5-1-2-6-18(17)25-13-15(12-24-25)19-16(7-9-27-19)20(26)23-11-14-4-3-8-22-10-14/h1-6,8,10,12-13,16,19H,7,9,11H2,(H,23,26). The van der Waals surface area contributed by atoms with E-state index in [0.717, 1.165) is 11.1 Å². The lowest BCUT2D eigenvalue weighted by Crippen LogP contribution is -2.31. The molecule has 6 nitrogen and oxygen atoms in total. The van der Waals surface area contributed by atoms with Gasteiger partial charge in [0.25, 0.3) is 0 Å². The summed E-state index contributed by atoms with van der Waals surface area (Å²) in [6.07, 6.45) is 7.01. The minimum absolute atomic E-state index is 0.0694. The Bertz CT molecular complexity index is 928. The predicted octanol–water partition coefficient (Wildman–Crippen LogP) is 2.80. The number of aromatic nitrogens is 3. The minimum atomic E-state index is -0.389. The molecule has 2 aromatic heterocycles. The molecule has 0 bridgehead atoms. The molecule has 0 aliphatic carbocycles. The van der Waals surface area contributed by atoms with Crippen LogP contribution >= 0.6 is 0 Å². The van der Waals surface area contributed by atoms with E-state index in [9.17, 15) is 9.18 Å². The van der Waals surface area contributed by atoms with Crippen LogP contribution in [0.2, 0.25) is 0 Å². The van der Waals surface area contributed by atoms with Gasteiger partial charge in [-0.15, -0.1) is 0 Å². The van der Waals surface area contributed by atoms with Crippen LogP contribution in [0.1, 0.15) is 23.7 Å². The molecule has 7 heteroatoms. The first kappa shape index (κ1) is 17.4. The molecule has 1 aliphatic rings. The van der Waals surface area contributed by atoms with Gasteiger partial charge >= 0.3 is 0 Å². The lowest BCUT2D eigenvalue weighted by Gasteiger charge is -2.17. The smallest absolute Gasteiger partial charge is 0.226 e. The van der Waals surface area contributed by atoms with E-state index >= 15 is 0 Å². The van der Waals surface area contributed by atoms with Crippen LogP contribution in [0.25, 0.3) is 5.69 Å². The molecule has 3 heterocycles. The minimum Gasteiger partial charge on any atom is -0.373 e. The number of pyridine rings is 1. The third-order valence-electron chi connectivity index (χ3n) is 4.65. The van der Waals surface area contributed by atoms with Gasteiger partial charge in [-0.25, -0.2) is 9.07 Å². The summed E-state index contributed by atoms with van der Waals surface area (Å²) in [4.78, 5) is 16.7. The number of ether oxygens (including phenoxy) is 1. The number of benzene rings is 1. The summed E-state index contributed by atoms with van der Waals surface area (Å²) in [5, 5.41) is 7.18. The van der Waals surface area contributed by atoms with Gasteiger partial charge in [0.15, 0.2) is 0 Å². The summed E-state index contributed by atoms with van der Waals surface area (Å²) >= 11 is 0. The number of para-hydroxylation sites is 1. The molecule has 0 saturated carbocycles. The molecule has 138 valence electrons. The molecular formula is C20H19FN4O2. The Morgan fingerprint density at radius 1 is 1.26 bits per heavy atom. The molecule has 1 fully saturated rings. The molecular weight excluding hydrogens is 347 g/mol. The van der Waals surface area contributed by atoms with Crippen molar-refractivity contribution in [1.29, 1.82) is 0 Å². The second-order valence-corrected chi connectivity index (χ2v) is 6.44. The number of hydrogen-bond acceptors (Lipinski definition) is 4. The Morgan fingerprint density at radius 2 is 2.15 bits per heavy atom. The van der Waals surface area contributed by atoms with E-state index < -0.39 is 0 Å². The Balaban J connectivity index is 1.47. The van der Waals surface area contributed by atoms with Gasteiger partial charge in [0.1, 0.15) is 11.5 Å². The lowest BCUT2D eigenvalue weighted by atomic mass is 9.96. The van der Waals surface area contributed by atoms with Crippen LogP contribution in [-0.2, 0) is 16.1 Å². The van der Waals surface area contributed by atoms with Gasteiger partial charge in [0, 0.05) is 37.3 Å². The van der Waals surface area contributed by atoms with Crippen molar-refractivity contribution < 1.29 is 13.9 Å². The number of amides is 1. The molecule has 2 unspecified atom stereocenters. The molecule has 1 saturated heterocycles. The van der Waals surface area contributed by atoms with Crippen molar-refractivity contribution in [2.24, 2.45) is 5.92 Å². The first-order chi connectivity index (χ1) is 13.2. The number of hydrogen-bond donors (Lipinski definition) is 1. The maximum Gasteiger partial charge on any atom is 0.226 e. The molecule has 1 aromatic carbocycles. The zero-order chi connectivity index (χ0) is 18.6. The largest absolute Gasteiger partial charge is 0.373 e. The molecule has 0 spiro atoms. The van der Waals surface area contributed by atoms with E-state index in [1.165, 1.54) is 10.7 Å². The van der Waals surface area contributed by atoms with Crippen molar-refractivity contribution in [3.8, 4) is 5.69 Å². The summed E-state index contributed by atoms with van der Waals surface area (Å²) in [7, 11) is 0. The van der Waals surface area contributed by atoms with E-state index in [2.05, 4.69) is 15.4 Å². The van der Waals surface area contributed by atoms with E-state index in [4.69, 9.17) is 4.74 Å². The Labute approximate surface area is 156 Å². The molecule has 1 N–H and O–H groups in total. The molecule has 3 aromatic rings. The fourth-order valence-corrected chi connectivity index (χ4v) is 3.26. The Kier molecular flexibility index (Phi) is 4.93. The summed E-state index contributed by atoms with van der Waals surface area (Å²) in [6, 6.07) is 10.2. The van der Waals surface area contributed by atoms with Crippen LogP contribution in [-0.4, -0.2) is 27.3 Å². The highest BCUT2D eigenvalue weighted by atomic mass is 19.1. The van der Waals surface area contributed by atoms with Gasteiger partial charge in [0.05, 0.1) is 18.2 Å². The van der Waals surface area contributed by atoms with Gasteiger partial charge in [-0.3, -0.25) is 9.78 Å². The SMILES string of the molecule is O=C(NCc1cccnc1)C1CCOC1c1cnn(-c2ccccc2F)c1. The van der Waals surface area contributed by atoms with Gasteiger partial charge in [-0.05, 0) is 30.2 Å². The van der Waals surface area contributed by atoms with Crippen LogP contribution in [0.5, 0.6) is 0 Å². The Hall–Kier alpha value is -3.06. The fraction of sp³-hybridized carbons (Fsp3) is 0.250. The number of carbonyl (C=O) groups excluding carboxylic acids is 1. The van der Waals surface area contributed by atoms with Crippen molar-refractivity contribution in [2.45, 2.75) is 19.1 Å². The second kappa shape index (κ2) is 7.67. The first-order valence-electron chi connectivity index (χ1n) is 8.80. The molecule has 1 aliphatic heterocycles. The molecule has 0 radical (unpaired) electrons. The van der Waals surface area contributed by atoms with E-state index in [1.807, 2.05) is 12.1 Å². The molecule has 4 rings (SSSR count). The van der Waals surface area contributed by atoms with Gasteiger partial charge in [-0.1, -0.05) is 18.2 Å². The monoisotopic (exact) mass is 366 g/mol. The normalized spacial score (nSPS) is 19.1. The van der Waals surface area contributed by atoms with Gasteiger partial charge < -0.3 is 10.1 Å². The van der Waals surface area contributed by atoms with Crippen LogP contribution in [0, 0.1) is 11.7 Å². The summed E-state index contributed by atoms with van der Waals surface area (Å²) in [5.41, 5.74) is 2.06. The highest BCUT2D eigenvalue weighted by Crippen LogP contribution is 2.35. The fourth-order valence-electron chi connectivity index (χ4n) is 3.26. The maximum atomic E-state index is 14.0. The second-order valence-electron chi connectivity index (χ2n) is 6.44. The molecule has 27 heavy (non-hydrogen) atoms. The summed E-state index contributed by atoms with van der Waals surface area (Å²) in [6.45, 7) is 0.922. The Morgan fingerprint density at radius 3 is 2.96 bits per heavy atom. The number of nitrogens with zero attached hydrogens (tertiary/aromatic N) is 3. The zero-order valence-corrected chi connectivity index (χ0v) is 14.6. The third-order valence-corrected chi connectivity index (χ3v) is 4.65. The number of halogens is 1. The van der Waals surface area contributed by atoms with Crippen molar-refractivity contribution in [3.63, 3.8) is 0 Å². The summed E-state index contributed by atoms with van der Waals surface area (Å²) in [5.74, 6) is -0.731. The van der Waals surface area contributed by atoms with Crippen molar-refractivity contribution in [2.75, 3.05) is 6.61 Å². The van der Waals surface area contributed by atoms with Crippen LogP contribution in [0.4, 0.5) is 4.39 Å². The maximum absolute atomic E-state index is 14.0. The average molecular weight is 366 g/mol. The predicted molar refractivity (Wildman–Crippen MR) is 96.4 cm³/mol. The number of carbonyl (C=O) groups is 1. The van der Waals surface area contributed by atoms with Crippen LogP contribution in [0.3, 0.4) is 0 Å². The highest BCUT2D eigenvalue weighted by molar-refractivity contribution is 5.79. The topological polar surface area (TPSA) is 69.0 Å². The molecule has 1 amide bonds. The zero-order valence-electron chi connectivity index (χ0n) is 14.6. The molecule has 2 atom stereocenters. The van der Waals surface area contributed by atoms with E-state index in [-0.39, 0.29) is 23.7 Å².